The smallest absolute Gasteiger partial charge is 0.325 e. The number of carboxylic acid groups (broad SMARTS) is 1. The molecule has 13 heavy (non-hydrogen) atoms. The third kappa shape index (κ3) is 2.00. The van der Waals surface area contributed by atoms with Gasteiger partial charge in [-0.05, 0) is 18.2 Å². The van der Waals surface area contributed by atoms with Crippen LogP contribution in [0, 0.1) is 11.6 Å². The number of hydrogen-bond donors (Lipinski definition) is 2. The van der Waals surface area contributed by atoms with Gasteiger partial charge in [-0.1, -0.05) is 0 Å². The van der Waals surface area contributed by atoms with Crippen LogP contribution in [-0.2, 0) is 4.79 Å². The summed E-state index contributed by atoms with van der Waals surface area (Å²) in [6.45, 7) is 0. The number of carboxylic acids is 1. The van der Waals surface area contributed by atoms with E-state index in [2.05, 4.69) is 0 Å². The van der Waals surface area contributed by atoms with E-state index < -0.39 is 23.6 Å². The Bertz CT molecular complexity index is 341. The molecule has 3 N–H and O–H groups in total. The molecule has 1 atom stereocenters. The van der Waals surface area contributed by atoms with E-state index >= 15 is 0 Å². The van der Waals surface area contributed by atoms with Crippen molar-refractivity contribution in [3.8, 4) is 0 Å². The summed E-state index contributed by atoms with van der Waals surface area (Å²) in [5, 5.41) is 8.44. The maximum absolute atomic E-state index is 12.9. The van der Waals surface area contributed by atoms with Crippen LogP contribution in [0.3, 0.4) is 0 Å². The molecule has 3 nitrogen and oxygen atoms in total. The van der Waals surface area contributed by atoms with Crippen LogP contribution in [0.5, 0.6) is 0 Å². The predicted octanol–water partition coefficient (Wildman–Crippen LogP) is 1.05. The molecule has 70 valence electrons. The van der Waals surface area contributed by atoms with Crippen molar-refractivity contribution in [1.82, 2.24) is 0 Å². The number of aliphatic carboxylic acids is 1. The zero-order valence-corrected chi connectivity index (χ0v) is 6.50. The Hall–Kier alpha value is -1.49. The first-order valence-corrected chi connectivity index (χ1v) is 3.45. The van der Waals surface area contributed by atoms with Crippen LogP contribution in [0.25, 0.3) is 0 Å². The lowest BCUT2D eigenvalue weighted by Gasteiger charge is -2.07. The molecule has 5 heteroatoms. The second kappa shape index (κ2) is 3.49. The highest BCUT2D eigenvalue weighted by atomic mass is 19.1. The van der Waals surface area contributed by atoms with Gasteiger partial charge in [0.1, 0.15) is 17.7 Å². The third-order valence-electron chi connectivity index (χ3n) is 1.56. The molecule has 0 heterocycles. The number of hydrogen-bond acceptors (Lipinski definition) is 2. The lowest BCUT2D eigenvalue weighted by atomic mass is 10.1. The fourth-order valence-electron chi connectivity index (χ4n) is 0.886. The second-order valence-electron chi connectivity index (χ2n) is 2.48. The average molecular weight is 187 g/mol. The fourth-order valence-corrected chi connectivity index (χ4v) is 0.886. The third-order valence-corrected chi connectivity index (χ3v) is 1.56. The van der Waals surface area contributed by atoms with E-state index in [0.29, 0.717) is 0 Å². The zero-order valence-electron chi connectivity index (χ0n) is 6.50. The molecule has 0 aromatic heterocycles. The van der Waals surface area contributed by atoms with Crippen molar-refractivity contribution in [3.05, 3.63) is 35.4 Å². The maximum atomic E-state index is 12.9. The van der Waals surface area contributed by atoms with E-state index in [1.165, 1.54) is 0 Å². The van der Waals surface area contributed by atoms with E-state index in [9.17, 15) is 13.6 Å². The molecule has 0 spiro atoms. The monoisotopic (exact) mass is 187 g/mol. The van der Waals surface area contributed by atoms with Gasteiger partial charge in [-0.25, -0.2) is 8.78 Å². The summed E-state index contributed by atoms with van der Waals surface area (Å²) in [5.74, 6) is -2.94. The molecule has 0 saturated heterocycles. The van der Waals surface area contributed by atoms with Crippen LogP contribution in [-0.4, -0.2) is 11.1 Å². The Morgan fingerprint density at radius 3 is 2.62 bits per heavy atom. The van der Waals surface area contributed by atoms with Gasteiger partial charge in [0.2, 0.25) is 0 Å². The zero-order chi connectivity index (χ0) is 10.0. The molecular formula is C8H7F2NO2. The SMILES string of the molecule is N[C@H](C(=O)O)c1cc(F)ccc1F. The van der Waals surface area contributed by atoms with Crippen LogP contribution in [0.2, 0.25) is 0 Å². The van der Waals surface area contributed by atoms with Crippen molar-refractivity contribution in [2.24, 2.45) is 5.73 Å². The maximum Gasteiger partial charge on any atom is 0.325 e. The van der Waals surface area contributed by atoms with Gasteiger partial charge in [-0.3, -0.25) is 4.79 Å². The molecule has 1 aromatic rings. The predicted molar refractivity (Wildman–Crippen MR) is 40.9 cm³/mol. The Balaban J connectivity index is 3.12. The number of benzene rings is 1. The first-order valence-electron chi connectivity index (χ1n) is 3.45. The largest absolute Gasteiger partial charge is 0.480 e. The first-order chi connectivity index (χ1) is 6.02. The molecule has 0 aliphatic carbocycles. The fraction of sp³-hybridized carbons (Fsp3) is 0.125. The minimum Gasteiger partial charge on any atom is -0.480 e. The van der Waals surface area contributed by atoms with Gasteiger partial charge < -0.3 is 10.8 Å². The van der Waals surface area contributed by atoms with E-state index in [-0.39, 0.29) is 5.56 Å². The van der Waals surface area contributed by atoms with Crippen LogP contribution in [0.4, 0.5) is 8.78 Å². The molecule has 0 unspecified atom stereocenters. The molecule has 1 aromatic carbocycles. The van der Waals surface area contributed by atoms with Crippen molar-refractivity contribution in [3.63, 3.8) is 0 Å². The lowest BCUT2D eigenvalue weighted by molar-refractivity contribution is -0.138. The van der Waals surface area contributed by atoms with Crippen LogP contribution < -0.4 is 5.73 Å². The number of rotatable bonds is 2. The van der Waals surface area contributed by atoms with Gasteiger partial charge >= 0.3 is 5.97 Å². The first kappa shape index (κ1) is 9.60. The Kier molecular flexibility index (Phi) is 2.57. The molecule has 0 aliphatic rings. The minimum atomic E-state index is -1.53. The number of carbonyl (C=O) groups is 1. The Labute approximate surface area is 72.8 Å². The molecule has 0 saturated carbocycles. The molecule has 0 radical (unpaired) electrons. The van der Waals surface area contributed by atoms with Crippen molar-refractivity contribution >= 4 is 5.97 Å². The van der Waals surface area contributed by atoms with Crippen molar-refractivity contribution in [2.75, 3.05) is 0 Å². The Morgan fingerprint density at radius 1 is 1.46 bits per heavy atom. The second-order valence-corrected chi connectivity index (χ2v) is 2.48. The Morgan fingerprint density at radius 2 is 2.08 bits per heavy atom. The van der Waals surface area contributed by atoms with Gasteiger partial charge in [0, 0.05) is 5.56 Å². The van der Waals surface area contributed by atoms with Crippen LogP contribution in [0.1, 0.15) is 11.6 Å². The quantitative estimate of drug-likeness (QED) is 0.727. The highest BCUT2D eigenvalue weighted by molar-refractivity contribution is 5.75. The summed E-state index contributed by atoms with van der Waals surface area (Å²) in [4.78, 5) is 10.3. The molecule has 1 rings (SSSR count). The molecule has 0 amide bonds. The van der Waals surface area contributed by atoms with Gasteiger partial charge in [-0.15, -0.1) is 0 Å². The molecule has 0 fully saturated rings. The van der Waals surface area contributed by atoms with Crippen LogP contribution in [0.15, 0.2) is 18.2 Å². The highest BCUT2D eigenvalue weighted by Crippen LogP contribution is 2.16. The summed E-state index contributed by atoms with van der Waals surface area (Å²) >= 11 is 0. The van der Waals surface area contributed by atoms with Crippen molar-refractivity contribution < 1.29 is 18.7 Å². The number of halogens is 2. The summed E-state index contributed by atoms with van der Waals surface area (Å²) in [6, 6.07) is 0.977. The molecule has 0 aliphatic heterocycles. The van der Waals surface area contributed by atoms with E-state index in [1.54, 1.807) is 0 Å². The summed E-state index contributed by atoms with van der Waals surface area (Å²) in [6.07, 6.45) is 0. The van der Waals surface area contributed by atoms with Gasteiger partial charge in [0.25, 0.3) is 0 Å². The van der Waals surface area contributed by atoms with Gasteiger partial charge in [0.15, 0.2) is 0 Å². The number of nitrogens with two attached hydrogens (primary N) is 1. The van der Waals surface area contributed by atoms with Crippen LogP contribution >= 0.6 is 0 Å². The van der Waals surface area contributed by atoms with Crippen molar-refractivity contribution in [2.45, 2.75) is 6.04 Å². The van der Waals surface area contributed by atoms with E-state index in [4.69, 9.17) is 10.8 Å². The standard InChI is InChI=1S/C8H7F2NO2/c9-4-1-2-6(10)5(3-4)7(11)8(12)13/h1-3,7H,11H2,(H,12,13)/t7-/m0/s1. The summed E-state index contributed by atoms with van der Waals surface area (Å²) < 4.78 is 25.4. The lowest BCUT2D eigenvalue weighted by Crippen LogP contribution is -2.21. The average Bonchev–Trinajstić information content (AvgIpc) is 2.08. The topological polar surface area (TPSA) is 63.3 Å². The van der Waals surface area contributed by atoms with E-state index in [0.717, 1.165) is 18.2 Å². The summed E-state index contributed by atoms with van der Waals surface area (Å²) in [5.41, 5.74) is 4.75. The van der Waals surface area contributed by atoms with Gasteiger partial charge in [0.05, 0.1) is 0 Å². The van der Waals surface area contributed by atoms with E-state index in [1.807, 2.05) is 0 Å². The highest BCUT2D eigenvalue weighted by Gasteiger charge is 2.18. The van der Waals surface area contributed by atoms with Gasteiger partial charge in [-0.2, -0.15) is 0 Å². The minimum absolute atomic E-state index is 0.354. The molecular weight excluding hydrogens is 180 g/mol. The summed E-state index contributed by atoms with van der Waals surface area (Å²) in [7, 11) is 0. The molecule has 0 bridgehead atoms. The van der Waals surface area contributed by atoms with Crippen molar-refractivity contribution in [1.29, 1.82) is 0 Å². The normalized spacial score (nSPS) is 12.5.